The van der Waals surface area contributed by atoms with E-state index in [4.69, 9.17) is 10.6 Å². The third-order valence-corrected chi connectivity index (χ3v) is 4.53. The molecule has 8 heteroatoms. The van der Waals surface area contributed by atoms with Gasteiger partial charge in [-0.15, -0.1) is 0 Å². The zero-order chi connectivity index (χ0) is 18.3. The fourth-order valence-electron chi connectivity index (χ4n) is 2.93. The number of aliphatic imine (C=N–C) groups is 1. The molecule has 5 N–H and O–H groups in total. The number of phenols is 1. The van der Waals surface area contributed by atoms with E-state index in [2.05, 4.69) is 31.1 Å². The maximum absolute atomic E-state index is 10.5. The summed E-state index contributed by atoms with van der Waals surface area (Å²) < 4.78 is 0.872. The van der Waals surface area contributed by atoms with Gasteiger partial charge >= 0.3 is 0 Å². The van der Waals surface area contributed by atoms with Gasteiger partial charge in [-0.2, -0.15) is 0 Å². The second-order valence-corrected chi connectivity index (χ2v) is 6.68. The molecule has 26 heavy (non-hydrogen) atoms. The van der Waals surface area contributed by atoms with Gasteiger partial charge in [0.05, 0.1) is 11.3 Å². The average Bonchev–Trinajstić information content (AvgIpc) is 3.11. The third-order valence-electron chi connectivity index (χ3n) is 4.03. The molecule has 1 aromatic heterocycles. The molecule has 0 saturated heterocycles. The highest BCUT2D eigenvalue weighted by Gasteiger charge is 2.29. The largest absolute Gasteiger partial charge is 0.508 e. The van der Waals surface area contributed by atoms with E-state index in [9.17, 15) is 10.2 Å². The smallest absolute Gasteiger partial charge is 0.199 e. The van der Waals surface area contributed by atoms with E-state index < -0.39 is 0 Å². The zero-order valence-corrected chi connectivity index (χ0v) is 15.1. The van der Waals surface area contributed by atoms with Crippen molar-refractivity contribution < 1.29 is 15.1 Å². The van der Waals surface area contributed by atoms with Crippen molar-refractivity contribution in [2.45, 2.75) is 0 Å². The summed E-state index contributed by atoms with van der Waals surface area (Å²) in [5, 5.41) is 25.3. The van der Waals surface area contributed by atoms with Crippen LogP contribution in [0.25, 0.3) is 10.9 Å². The molecule has 0 bridgehead atoms. The minimum absolute atomic E-state index is 0.0135. The molecule has 4 rings (SSSR count). The zero-order valence-electron chi connectivity index (χ0n) is 13.5. The number of nitrogens with two attached hydrogens (primary N) is 1. The van der Waals surface area contributed by atoms with Crippen molar-refractivity contribution in [1.29, 1.82) is 0 Å². The number of rotatable bonds is 4. The van der Waals surface area contributed by atoms with Crippen LogP contribution in [-0.2, 0) is 4.84 Å². The van der Waals surface area contributed by atoms with Crippen LogP contribution in [0.4, 0.5) is 5.69 Å². The topological polar surface area (TPSA) is 116 Å². The molecule has 2 heterocycles. The molecular weight excluding hydrogens is 400 g/mol. The van der Waals surface area contributed by atoms with Crippen LogP contribution in [0, 0.1) is 0 Å². The van der Waals surface area contributed by atoms with Gasteiger partial charge in [-0.1, -0.05) is 21.1 Å². The van der Waals surface area contributed by atoms with Gasteiger partial charge in [-0.3, -0.25) is 0 Å². The number of aromatic amines is 1. The van der Waals surface area contributed by atoms with Crippen molar-refractivity contribution in [3.05, 3.63) is 52.0 Å². The highest BCUT2D eigenvalue weighted by Crippen LogP contribution is 2.37. The molecule has 0 atom stereocenters. The van der Waals surface area contributed by atoms with Crippen molar-refractivity contribution in [1.82, 2.24) is 4.98 Å². The third kappa shape index (κ3) is 2.73. The summed E-state index contributed by atoms with van der Waals surface area (Å²) >= 11 is 3.45. The summed E-state index contributed by atoms with van der Waals surface area (Å²) in [6.07, 6.45) is 0. The van der Waals surface area contributed by atoms with Gasteiger partial charge in [0.15, 0.2) is 5.88 Å². The van der Waals surface area contributed by atoms with Crippen LogP contribution in [0.2, 0.25) is 0 Å². The summed E-state index contributed by atoms with van der Waals surface area (Å²) in [7, 11) is 0. The number of aromatic hydroxyl groups is 2. The monoisotopic (exact) mass is 414 g/mol. The van der Waals surface area contributed by atoms with Gasteiger partial charge in [0.2, 0.25) is 0 Å². The van der Waals surface area contributed by atoms with Crippen LogP contribution >= 0.6 is 15.9 Å². The Labute approximate surface area is 156 Å². The average molecular weight is 415 g/mol. The molecule has 132 valence electrons. The lowest BCUT2D eigenvalue weighted by Crippen LogP contribution is -2.15. The molecule has 0 amide bonds. The maximum atomic E-state index is 10.5. The Kier molecular flexibility index (Phi) is 4.14. The lowest BCUT2D eigenvalue weighted by Gasteiger charge is -2.05. The number of oxime groups is 1. The minimum atomic E-state index is -0.0135. The summed E-state index contributed by atoms with van der Waals surface area (Å²) in [4.78, 5) is 12.8. The highest BCUT2D eigenvalue weighted by atomic mass is 79.9. The molecular formula is C18H15BrN4O3. The Hall–Kier alpha value is -2.84. The Morgan fingerprint density at radius 1 is 1.19 bits per heavy atom. The normalized spacial score (nSPS) is 14.7. The Bertz CT molecular complexity index is 1070. The van der Waals surface area contributed by atoms with E-state index in [-0.39, 0.29) is 18.2 Å². The standard InChI is InChI=1S/C18H15BrN4O3/c19-9-1-3-13-11(7-9)15(18(25)22-13)17-16(23-26-6-5-20)12-8-10(24)2-4-14(12)21-17/h1-4,7-8,22,24-25H,5-6,20H2/b23-16+. The predicted octanol–water partition coefficient (Wildman–Crippen LogP) is 3.16. The SMILES string of the molecule is NCCO/N=C1/C(c2c(O)[nH]c3ccc(Br)cc23)=Nc2ccc(O)cc21. The van der Waals surface area contributed by atoms with Crippen molar-refractivity contribution in [2.75, 3.05) is 13.2 Å². The fraction of sp³-hybridized carbons (Fsp3) is 0.111. The fourth-order valence-corrected chi connectivity index (χ4v) is 3.29. The number of hydrogen-bond acceptors (Lipinski definition) is 6. The first kappa shape index (κ1) is 16.6. The number of aromatic nitrogens is 1. The molecule has 1 aliphatic rings. The van der Waals surface area contributed by atoms with Crippen molar-refractivity contribution in [3.63, 3.8) is 0 Å². The second kappa shape index (κ2) is 6.47. The van der Waals surface area contributed by atoms with Gasteiger partial charge in [0.1, 0.15) is 23.8 Å². The predicted molar refractivity (Wildman–Crippen MR) is 104 cm³/mol. The number of hydrogen-bond donors (Lipinski definition) is 4. The van der Waals surface area contributed by atoms with Crippen molar-refractivity contribution in [3.8, 4) is 11.6 Å². The summed E-state index contributed by atoms with van der Waals surface area (Å²) in [5.41, 5.74) is 8.91. The summed E-state index contributed by atoms with van der Waals surface area (Å²) in [5.74, 6) is 0.0815. The highest BCUT2D eigenvalue weighted by molar-refractivity contribution is 9.10. The van der Waals surface area contributed by atoms with Gasteiger partial charge in [-0.25, -0.2) is 4.99 Å². The van der Waals surface area contributed by atoms with E-state index in [1.807, 2.05) is 18.2 Å². The molecule has 0 radical (unpaired) electrons. The molecule has 0 unspecified atom stereocenters. The molecule has 0 spiro atoms. The quantitative estimate of drug-likeness (QED) is 0.387. The number of halogens is 1. The molecule has 3 aromatic rings. The first-order valence-electron chi connectivity index (χ1n) is 7.91. The second-order valence-electron chi connectivity index (χ2n) is 5.76. The molecule has 0 saturated carbocycles. The molecule has 1 aliphatic heterocycles. The van der Waals surface area contributed by atoms with Gasteiger partial charge in [-0.05, 0) is 36.4 Å². The number of fused-ring (bicyclic) bond motifs is 2. The van der Waals surface area contributed by atoms with Crippen molar-refractivity contribution in [2.24, 2.45) is 15.9 Å². The Balaban J connectivity index is 1.92. The number of benzene rings is 2. The number of nitrogens with zero attached hydrogens (tertiary/aromatic N) is 2. The maximum Gasteiger partial charge on any atom is 0.199 e. The van der Waals surface area contributed by atoms with Gasteiger partial charge < -0.3 is 25.8 Å². The van der Waals surface area contributed by atoms with Crippen LogP contribution in [0.5, 0.6) is 11.6 Å². The Morgan fingerprint density at radius 2 is 2.04 bits per heavy atom. The van der Waals surface area contributed by atoms with Crippen molar-refractivity contribution >= 4 is 43.9 Å². The van der Waals surface area contributed by atoms with E-state index >= 15 is 0 Å². The van der Waals surface area contributed by atoms with E-state index in [0.717, 1.165) is 15.4 Å². The first-order valence-corrected chi connectivity index (χ1v) is 8.71. The molecule has 0 aliphatic carbocycles. The molecule has 2 aromatic carbocycles. The molecule has 0 fully saturated rings. The van der Waals surface area contributed by atoms with Gasteiger partial charge in [0, 0.05) is 27.5 Å². The van der Waals surface area contributed by atoms with Crippen LogP contribution in [-0.4, -0.2) is 39.8 Å². The van der Waals surface area contributed by atoms with Crippen LogP contribution in [0.1, 0.15) is 11.1 Å². The van der Waals surface area contributed by atoms with Crippen LogP contribution < -0.4 is 5.73 Å². The van der Waals surface area contributed by atoms with Gasteiger partial charge in [0.25, 0.3) is 0 Å². The van der Waals surface area contributed by atoms with Crippen LogP contribution in [0.15, 0.2) is 51.0 Å². The first-order chi connectivity index (χ1) is 12.6. The van der Waals surface area contributed by atoms with E-state index in [1.54, 1.807) is 18.2 Å². The summed E-state index contributed by atoms with van der Waals surface area (Å²) in [6.45, 7) is 0.567. The van der Waals surface area contributed by atoms with E-state index in [1.165, 1.54) is 0 Å². The molecule has 7 nitrogen and oxygen atoms in total. The lowest BCUT2D eigenvalue weighted by molar-refractivity contribution is 0.153. The number of nitrogens with one attached hydrogen (secondary N) is 1. The van der Waals surface area contributed by atoms with Crippen LogP contribution in [0.3, 0.4) is 0 Å². The number of H-pyrrole nitrogens is 1. The summed E-state index contributed by atoms with van der Waals surface area (Å²) in [6, 6.07) is 10.4. The number of phenolic OH excluding ortho intramolecular Hbond substituents is 1. The minimum Gasteiger partial charge on any atom is -0.508 e. The van der Waals surface area contributed by atoms with E-state index in [0.29, 0.717) is 34.8 Å². The lowest BCUT2D eigenvalue weighted by atomic mass is 10.0. The Morgan fingerprint density at radius 3 is 2.85 bits per heavy atom.